The number of nitrogens with zero attached hydrogens (tertiary/aromatic N) is 2. The number of aliphatic carboxylic acids is 1. The highest BCUT2D eigenvalue weighted by Gasteiger charge is 2.18. The van der Waals surface area contributed by atoms with E-state index in [0.29, 0.717) is 5.65 Å². The second-order valence-corrected chi connectivity index (χ2v) is 4.29. The minimum absolute atomic E-state index is 0.114. The maximum Gasteiger partial charge on any atom is 0.334 e. The van der Waals surface area contributed by atoms with Gasteiger partial charge in [-0.15, -0.1) is 0 Å². The lowest BCUT2D eigenvalue weighted by atomic mass is 10.3. The summed E-state index contributed by atoms with van der Waals surface area (Å²) in [4.78, 5) is 26.9. The van der Waals surface area contributed by atoms with Gasteiger partial charge in [-0.05, 0) is 19.1 Å². The number of carbonyl (C=O) groups excluding carboxylic acids is 1. The summed E-state index contributed by atoms with van der Waals surface area (Å²) < 4.78 is 6.53. The SMILES string of the molecule is COC(CNC(=O)c1cn2c(C)cccc2n1)C(=O)O. The van der Waals surface area contributed by atoms with Gasteiger partial charge in [-0.2, -0.15) is 0 Å². The number of pyridine rings is 1. The maximum absolute atomic E-state index is 11.9. The van der Waals surface area contributed by atoms with Gasteiger partial charge in [0.2, 0.25) is 0 Å². The Hall–Kier alpha value is -2.41. The van der Waals surface area contributed by atoms with E-state index in [2.05, 4.69) is 10.3 Å². The van der Waals surface area contributed by atoms with Gasteiger partial charge in [0.1, 0.15) is 11.3 Å². The normalized spacial score (nSPS) is 12.3. The molecule has 0 saturated carbocycles. The fourth-order valence-electron chi connectivity index (χ4n) is 1.81. The summed E-state index contributed by atoms with van der Waals surface area (Å²) in [6.45, 7) is 1.79. The van der Waals surface area contributed by atoms with Gasteiger partial charge in [-0.3, -0.25) is 4.79 Å². The topological polar surface area (TPSA) is 92.9 Å². The molecular weight excluding hydrogens is 262 g/mol. The summed E-state index contributed by atoms with van der Waals surface area (Å²) in [6, 6.07) is 5.55. The number of hydrogen-bond acceptors (Lipinski definition) is 4. The molecule has 2 N–H and O–H groups in total. The molecule has 7 nitrogen and oxygen atoms in total. The predicted molar refractivity (Wildman–Crippen MR) is 70.7 cm³/mol. The van der Waals surface area contributed by atoms with Crippen LogP contribution in [0.25, 0.3) is 5.65 Å². The highest BCUT2D eigenvalue weighted by molar-refractivity contribution is 5.93. The molecule has 2 rings (SSSR count). The zero-order valence-corrected chi connectivity index (χ0v) is 11.2. The molecule has 2 aromatic heterocycles. The number of fused-ring (bicyclic) bond motifs is 1. The molecular formula is C13H15N3O4. The highest BCUT2D eigenvalue weighted by Crippen LogP contribution is 2.08. The van der Waals surface area contributed by atoms with Gasteiger partial charge in [0.15, 0.2) is 6.10 Å². The summed E-state index contributed by atoms with van der Waals surface area (Å²) in [7, 11) is 1.28. The lowest BCUT2D eigenvalue weighted by Crippen LogP contribution is -2.37. The van der Waals surface area contributed by atoms with Crippen molar-refractivity contribution in [1.29, 1.82) is 0 Å². The van der Waals surface area contributed by atoms with E-state index in [0.717, 1.165) is 5.69 Å². The monoisotopic (exact) mass is 277 g/mol. The second-order valence-electron chi connectivity index (χ2n) is 4.29. The van der Waals surface area contributed by atoms with E-state index in [1.54, 1.807) is 16.7 Å². The largest absolute Gasteiger partial charge is 0.479 e. The second kappa shape index (κ2) is 5.70. The van der Waals surface area contributed by atoms with Gasteiger partial charge in [0.05, 0.1) is 6.54 Å². The number of carboxylic acid groups (broad SMARTS) is 1. The molecule has 7 heteroatoms. The third-order valence-electron chi connectivity index (χ3n) is 2.94. The van der Waals surface area contributed by atoms with Crippen LogP contribution in [-0.4, -0.2) is 46.1 Å². The van der Waals surface area contributed by atoms with Crippen molar-refractivity contribution in [2.75, 3.05) is 13.7 Å². The van der Waals surface area contributed by atoms with Crippen LogP contribution in [0, 0.1) is 6.92 Å². The molecule has 20 heavy (non-hydrogen) atoms. The van der Waals surface area contributed by atoms with Gasteiger partial charge in [-0.25, -0.2) is 9.78 Å². The number of aromatic nitrogens is 2. The van der Waals surface area contributed by atoms with Gasteiger partial charge in [-0.1, -0.05) is 6.07 Å². The quantitative estimate of drug-likeness (QED) is 0.828. The maximum atomic E-state index is 11.9. The Bertz CT molecular complexity index is 650. The standard InChI is InChI=1S/C13H15N3O4/c1-8-4-3-5-11-15-9(7-16(8)11)12(17)14-6-10(20-2)13(18)19/h3-5,7,10H,6H2,1-2H3,(H,14,17)(H,18,19). The van der Waals surface area contributed by atoms with Crippen molar-refractivity contribution in [2.45, 2.75) is 13.0 Å². The molecule has 1 amide bonds. The minimum Gasteiger partial charge on any atom is -0.479 e. The van der Waals surface area contributed by atoms with E-state index in [4.69, 9.17) is 9.84 Å². The zero-order chi connectivity index (χ0) is 14.7. The summed E-state index contributed by atoms with van der Waals surface area (Å²) in [5.74, 6) is -1.56. The summed E-state index contributed by atoms with van der Waals surface area (Å²) in [6.07, 6.45) is 0.542. The van der Waals surface area contributed by atoms with Crippen LogP contribution in [0.15, 0.2) is 24.4 Å². The summed E-state index contributed by atoms with van der Waals surface area (Å²) in [5.41, 5.74) is 1.85. The van der Waals surface area contributed by atoms with Crippen molar-refractivity contribution in [3.63, 3.8) is 0 Å². The zero-order valence-electron chi connectivity index (χ0n) is 11.2. The molecule has 0 radical (unpaired) electrons. The number of imidazole rings is 1. The van der Waals surface area contributed by atoms with E-state index in [1.807, 2.05) is 19.1 Å². The van der Waals surface area contributed by atoms with E-state index < -0.39 is 18.0 Å². The predicted octanol–water partition coefficient (Wildman–Crippen LogP) is 0.472. The third kappa shape index (κ3) is 2.77. The first-order valence-corrected chi connectivity index (χ1v) is 6.01. The molecule has 0 aliphatic heterocycles. The molecule has 0 bridgehead atoms. The van der Waals surface area contributed by atoms with E-state index in [-0.39, 0.29) is 12.2 Å². The summed E-state index contributed by atoms with van der Waals surface area (Å²) >= 11 is 0. The smallest absolute Gasteiger partial charge is 0.334 e. The molecule has 2 heterocycles. The molecule has 2 aromatic rings. The van der Waals surface area contributed by atoms with Crippen molar-refractivity contribution in [3.8, 4) is 0 Å². The highest BCUT2D eigenvalue weighted by atomic mass is 16.5. The molecule has 0 saturated heterocycles. The average Bonchev–Trinajstić information content (AvgIpc) is 2.84. The Balaban J connectivity index is 2.12. The molecule has 0 aromatic carbocycles. The van der Waals surface area contributed by atoms with Crippen molar-refractivity contribution in [1.82, 2.24) is 14.7 Å². The Kier molecular flexibility index (Phi) is 3.99. The Morgan fingerprint density at radius 1 is 1.50 bits per heavy atom. The van der Waals surface area contributed by atoms with Crippen LogP contribution in [0.1, 0.15) is 16.2 Å². The first kappa shape index (κ1) is 14.0. The van der Waals surface area contributed by atoms with Crippen molar-refractivity contribution >= 4 is 17.5 Å². The Labute approximate surface area is 115 Å². The number of carboxylic acids is 1. The Morgan fingerprint density at radius 3 is 2.85 bits per heavy atom. The van der Waals surface area contributed by atoms with E-state index >= 15 is 0 Å². The number of aryl methyl sites for hydroxylation is 1. The van der Waals surface area contributed by atoms with Crippen LogP contribution in [0.5, 0.6) is 0 Å². The number of rotatable bonds is 5. The van der Waals surface area contributed by atoms with Crippen molar-refractivity contribution in [2.24, 2.45) is 0 Å². The van der Waals surface area contributed by atoms with Crippen LogP contribution >= 0.6 is 0 Å². The van der Waals surface area contributed by atoms with Crippen LogP contribution in [0.3, 0.4) is 0 Å². The fraction of sp³-hybridized carbons (Fsp3) is 0.308. The average molecular weight is 277 g/mol. The number of ether oxygens (including phenoxy) is 1. The molecule has 0 aliphatic carbocycles. The number of carbonyl (C=O) groups is 2. The molecule has 1 atom stereocenters. The lowest BCUT2D eigenvalue weighted by Gasteiger charge is -2.10. The first-order valence-electron chi connectivity index (χ1n) is 6.01. The molecule has 106 valence electrons. The summed E-state index contributed by atoms with van der Waals surface area (Å²) in [5, 5.41) is 11.3. The van der Waals surface area contributed by atoms with Crippen LogP contribution in [0.2, 0.25) is 0 Å². The van der Waals surface area contributed by atoms with Gasteiger partial charge >= 0.3 is 5.97 Å². The van der Waals surface area contributed by atoms with Gasteiger partial charge < -0.3 is 19.6 Å². The van der Waals surface area contributed by atoms with Crippen LogP contribution in [0.4, 0.5) is 0 Å². The van der Waals surface area contributed by atoms with E-state index in [1.165, 1.54) is 7.11 Å². The van der Waals surface area contributed by atoms with Crippen LogP contribution < -0.4 is 5.32 Å². The van der Waals surface area contributed by atoms with Crippen molar-refractivity contribution < 1.29 is 19.4 Å². The number of nitrogens with one attached hydrogen (secondary N) is 1. The van der Waals surface area contributed by atoms with Gasteiger partial charge in [0, 0.05) is 19.0 Å². The third-order valence-corrected chi connectivity index (χ3v) is 2.94. The van der Waals surface area contributed by atoms with Crippen LogP contribution in [-0.2, 0) is 9.53 Å². The Morgan fingerprint density at radius 2 is 2.25 bits per heavy atom. The van der Waals surface area contributed by atoms with E-state index in [9.17, 15) is 9.59 Å². The number of methoxy groups -OCH3 is 1. The first-order chi connectivity index (χ1) is 9.52. The molecule has 0 spiro atoms. The number of hydrogen-bond donors (Lipinski definition) is 2. The van der Waals surface area contributed by atoms with Gasteiger partial charge in [0.25, 0.3) is 5.91 Å². The molecule has 0 fully saturated rings. The number of amides is 1. The lowest BCUT2D eigenvalue weighted by molar-refractivity contribution is -0.148. The molecule has 1 unspecified atom stereocenters. The minimum atomic E-state index is -1.13. The molecule has 0 aliphatic rings. The van der Waals surface area contributed by atoms with Crippen molar-refractivity contribution in [3.05, 3.63) is 35.8 Å². The fourth-order valence-corrected chi connectivity index (χ4v) is 1.81.